The molecule has 0 saturated carbocycles. The number of phenols is 2. The maximum atomic E-state index is 12.2. The van der Waals surface area contributed by atoms with Crippen LogP contribution in [0.25, 0.3) is 0 Å². The third-order valence-electron chi connectivity index (χ3n) is 3.23. The molecule has 0 fully saturated rings. The van der Waals surface area contributed by atoms with Gasteiger partial charge >= 0.3 is 0 Å². The Morgan fingerprint density at radius 1 is 1.24 bits per heavy atom. The molecule has 0 bridgehead atoms. The second kappa shape index (κ2) is 4.65. The van der Waals surface area contributed by atoms with Crippen molar-refractivity contribution in [1.29, 1.82) is 0 Å². The molecule has 0 radical (unpaired) electrons. The predicted octanol–water partition coefficient (Wildman–Crippen LogP) is 2.36. The van der Waals surface area contributed by atoms with Crippen molar-refractivity contribution in [1.82, 2.24) is 4.90 Å². The van der Waals surface area contributed by atoms with Gasteiger partial charge in [0.25, 0.3) is 5.91 Å². The normalized spacial score (nSPS) is 11.3. The molecule has 0 aliphatic rings. The molecule has 2 N–H and O–H groups in total. The summed E-state index contributed by atoms with van der Waals surface area (Å²) in [7, 11) is 1.72. The van der Waals surface area contributed by atoms with Crippen molar-refractivity contribution in [2.24, 2.45) is 0 Å². The van der Waals surface area contributed by atoms with E-state index in [9.17, 15) is 15.0 Å². The van der Waals surface area contributed by atoms with Crippen LogP contribution in [0.15, 0.2) is 18.2 Å². The van der Waals surface area contributed by atoms with Gasteiger partial charge in [-0.2, -0.15) is 0 Å². The predicted molar refractivity (Wildman–Crippen MR) is 66.2 cm³/mol. The minimum Gasteiger partial charge on any atom is -0.508 e. The van der Waals surface area contributed by atoms with Gasteiger partial charge in [0, 0.05) is 24.2 Å². The number of aromatic hydroxyl groups is 2. The maximum Gasteiger partial charge on any atom is 0.254 e. The lowest BCUT2D eigenvalue weighted by atomic mass is 9.99. The zero-order valence-electron chi connectivity index (χ0n) is 10.7. The van der Waals surface area contributed by atoms with Crippen molar-refractivity contribution in [2.75, 3.05) is 7.05 Å². The number of hydrogen-bond donors (Lipinski definition) is 2. The van der Waals surface area contributed by atoms with E-state index in [1.165, 1.54) is 18.2 Å². The molecule has 0 unspecified atom stereocenters. The Labute approximate surface area is 101 Å². The summed E-state index contributed by atoms with van der Waals surface area (Å²) in [5, 5.41) is 18.7. The van der Waals surface area contributed by atoms with Crippen LogP contribution in [-0.2, 0) is 0 Å². The molecule has 0 aliphatic carbocycles. The van der Waals surface area contributed by atoms with E-state index in [4.69, 9.17) is 0 Å². The Bertz CT molecular complexity index is 406. The summed E-state index contributed by atoms with van der Waals surface area (Å²) in [5.74, 6) is -0.449. The first kappa shape index (κ1) is 13.4. The number of carbonyl (C=O) groups excluding carboxylic acids is 1. The van der Waals surface area contributed by atoms with Crippen molar-refractivity contribution in [3.63, 3.8) is 0 Å². The lowest BCUT2D eigenvalue weighted by Gasteiger charge is -2.35. The topological polar surface area (TPSA) is 60.8 Å². The highest BCUT2D eigenvalue weighted by molar-refractivity contribution is 5.95. The summed E-state index contributed by atoms with van der Waals surface area (Å²) in [6.45, 7) is 5.94. The van der Waals surface area contributed by atoms with Gasteiger partial charge in [-0.05, 0) is 32.4 Å². The molecule has 1 rings (SSSR count). The van der Waals surface area contributed by atoms with Crippen molar-refractivity contribution >= 4 is 5.91 Å². The zero-order chi connectivity index (χ0) is 13.2. The van der Waals surface area contributed by atoms with Gasteiger partial charge in [-0.1, -0.05) is 6.92 Å². The molecule has 0 spiro atoms. The van der Waals surface area contributed by atoms with Gasteiger partial charge in [0.2, 0.25) is 0 Å². The van der Waals surface area contributed by atoms with Crippen LogP contribution in [0.2, 0.25) is 0 Å². The lowest BCUT2D eigenvalue weighted by molar-refractivity contribution is 0.0619. The number of rotatable bonds is 3. The highest BCUT2D eigenvalue weighted by Gasteiger charge is 2.26. The molecular weight excluding hydrogens is 218 g/mol. The van der Waals surface area contributed by atoms with Crippen molar-refractivity contribution in [3.8, 4) is 11.5 Å². The van der Waals surface area contributed by atoms with Crippen LogP contribution >= 0.6 is 0 Å². The third kappa shape index (κ3) is 2.90. The van der Waals surface area contributed by atoms with E-state index in [2.05, 4.69) is 0 Å². The highest BCUT2D eigenvalue weighted by atomic mass is 16.3. The number of nitrogens with zero attached hydrogens (tertiary/aromatic N) is 1. The molecule has 0 aromatic heterocycles. The second-order valence-electron chi connectivity index (χ2n) is 4.77. The monoisotopic (exact) mass is 237 g/mol. The smallest absolute Gasteiger partial charge is 0.254 e. The van der Waals surface area contributed by atoms with Gasteiger partial charge in [-0.15, -0.1) is 0 Å². The fourth-order valence-electron chi connectivity index (χ4n) is 1.42. The Balaban J connectivity index is 3.04. The average Bonchev–Trinajstić information content (AvgIpc) is 2.25. The van der Waals surface area contributed by atoms with E-state index in [-0.39, 0.29) is 28.5 Å². The minimum atomic E-state index is -0.266. The first-order chi connectivity index (χ1) is 7.77. The summed E-state index contributed by atoms with van der Waals surface area (Å²) in [5.41, 5.74) is 0.0181. The van der Waals surface area contributed by atoms with E-state index >= 15 is 0 Å². The van der Waals surface area contributed by atoms with E-state index in [0.717, 1.165) is 6.42 Å². The van der Waals surface area contributed by atoms with Crippen molar-refractivity contribution < 1.29 is 15.0 Å². The Morgan fingerprint density at radius 3 is 2.12 bits per heavy atom. The first-order valence-corrected chi connectivity index (χ1v) is 5.59. The number of amides is 1. The zero-order valence-corrected chi connectivity index (χ0v) is 10.7. The third-order valence-corrected chi connectivity index (χ3v) is 3.23. The molecule has 0 heterocycles. The molecule has 0 atom stereocenters. The highest BCUT2D eigenvalue weighted by Crippen LogP contribution is 2.24. The molecule has 17 heavy (non-hydrogen) atoms. The van der Waals surface area contributed by atoms with E-state index in [1.807, 2.05) is 20.8 Å². The van der Waals surface area contributed by atoms with Crippen LogP contribution in [-0.4, -0.2) is 33.6 Å². The van der Waals surface area contributed by atoms with Gasteiger partial charge in [-0.25, -0.2) is 0 Å². The molecule has 94 valence electrons. The molecular formula is C13H19NO3. The van der Waals surface area contributed by atoms with E-state index in [1.54, 1.807) is 11.9 Å². The number of phenolic OH excluding ortho intramolecular Hbond substituents is 2. The summed E-state index contributed by atoms with van der Waals surface area (Å²) in [6, 6.07) is 3.90. The summed E-state index contributed by atoms with van der Waals surface area (Å²) >= 11 is 0. The van der Waals surface area contributed by atoms with Gasteiger partial charge in [0.1, 0.15) is 11.5 Å². The van der Waals surface area contributed by atoms with Gasteiger partial charge in [0.15, 0.2) is 0 Å². The number of benzene rings is 1. The van der Waals surface area contributed by atoms with E-state index < -0.39 is 0 Å². The van der Waals surface area contributed by atoms with Crippen LogP contribution in [0.4, 0.5) is 0 Å². The van der Waals surface area contributed by atoms with Crippen molar-refractivity contribution in [3.05, 3.63) is 23.8 Å². The molecule has 4 nitrogen and oxygen atoms in total. The summed E-state index contributed by atoms with van der Waals surface area (Å²) in [4.78, 5) is 13.8. The maximum absolute atomic E-state index is 12.2. The molecule has 1 aromatic carbocycles. The number of hydrogen-bond acceptors (Lipinski definition) is 3. The van der Waals surface area contributed by atoms with Crippen LogP contribution in [0.1, 0.15) is 37.6 Å². The molecule has 0 aliphatic heterocycles. The number of carbonyl (C=O) groups is 1. The lowest BCUT2D eigenvalue weighted by Crippen LogP contribution is -2.44. The standard InChI is InChI=1S/C13H19NO3/c1-5-13(2,3)14(4)12(17)9-6-10(15)8-11(16)7-9/h6-8,15-16H,5H2,1-4H3. The van der Waals surface area contributed by atoms with Crippen LogP contribution < -0.4 is 0 Å². The Hall–Kier alpha value is -1.71. The van der Waals surface area contributed by atoms with Crippen LogP contribution in [0.3, 0.4) is 0 Å². The average molecular weight is 237 g/mol. The second-order valence-corrected chi connectivity index (χ2v) is 4.77. The van der Waals surface area contributed by atoms with Crippen LogP contribution in [0, 0.1) is 0 Å². The van der Waals surface area contributed by atoms with Gasteiger partial charge in [-0.3, -0.25) is 4.79 Å². The Kier molecular flexibility index (Phi) is 3.66. The first-order valence-electron chi connectivity index (χ1n) is 5.59. The van der Waals surface area contributed by atoms with Gasteiger partial charge < -0.3 is 15.1 Å². The Morgan fingerprint density at radius 2 is 1.71 bits per heavy atom. The fraction of sp³-hybridized carbons (Fsp3) is 0.462. The molecule has 4 heteroatoms. The largest absolute Gasteiger partial charge is 0.508 e. The minimum absolute atomic E-state index is 0.115. The van der Waals surface area contributed by atoms with E-state index in [0.29, 0.717) is 0 Å². The summed E-state index contributed by atoms with van der Waals surface area (Å²) in [6.07, 6.45) is 0.819. The van der Waals surface area contributed by atoms with Gasteiger partial charge in [0.05, 0.1) is 0 Å². The summed E-state index contributed by atoms with van der Waals surface area (Å²) < 4.78 is 0. The van der Waals surface area contributed by atoms with Crippen molar-refractivity contribution in [2.45, 2.75) is 32.7 Å². The molecule has 1 amide bonds. The van der Waals surface area contributed by atoms with Crippen LogP contribution in [0.5, 0.6) is 11.5 Å². The molecule has 0 saturated heterocycles. The fourth-order valence-corrected chi connectivity index (χ4v) is 1.42. The molecule has 1 aromatic rings. The quantitative estimate of drug-likeness (QED) is 0.848. The SMILES string of the molecule is CCC(C)(C)N(C)C(=O)c1cc(O)cc(O)c1.